The fraction of sp³-hybridized carbons (Fsp3) is 0.381. The number of rotatable bonds is 7. The number of aryl methyl sites for hydroxylation is 1. The summed E-state index contributed by atoms with van der Waals surface area (Å²) >= 11 is 1.27. The Kier molecular flexibility index (Phi) is 5.72. The highest BCUT2D eigenvalue weighted by molar-refractivity contribution is 7.99. The van der Waals surface area contributed by atoms with Gasteiger partial charge in [-0.05, 0) is 36.6 Å². The smallest absolute Gasteiger partial charge is 0.278 e. The van der Waals surface area contributed by atoms with Gasteiger partial charge in [-0.1, -0.05) is 31.7 Å². The molecule has 1 aliphatic rings. The maximum absolute atomic E-state index is 12.9. The van der Waals surface area contributed by atoms with Crippen LogP contribution in [0.4, 0.5) is 0 Å². The number of hydrogen-bond donors (Lipinski definition) is 2. The third-order valence-electron chi connectivity index (χ3n) is 4.64. The second kappa shape index (κ2) is 8.43. The first-order chi connectivity index (χ1) is 14.4. The van der Waals surface area contributed by atoms with Gasteiger partial charge in [-0.15, -0.1) is 0 Å². The highest BCUT2D eigenvalue weighted by Gasteiger charge is 2.16. The molecule has 0 fully saturated rings. The Labute approximate surface area is 178 Å². The van der Waals surface area contributed by atoms with E-state index >= 15 is 0 Å². The van der Waals surface area contributed by atoms with Crippen molar-refractivity contribution in [2.45, 2.75) is 39.0 Å². The quantitative estimate of drug-likeness (QED) is 0.444. The molecule has 0 spiro atoms. The van der Waals surface area contributed by atoms with Crippen LogP contribution < -0.4 is 20.3 Å². The zero-order valence-corrected chi connectivity index (χ0v) is 18.0. The molecule has 1 aromatic carbocycles. The van der Waals surface area contributed by atoms with E-state index in [0.717, 1.165) is 11.3 Å². The van der Waals surface area contributed by atoms with Crippen LogP contribution in [0, 0.1) is 12.8 Å². The van der Waals surface area contributed by atoms with Crippen molar-refractivity contribution in [2.75, 3.05) is 12.5 Å². The molecule has 3 heterocycles. The van der Waals surface area contributed by atoms with Crippen LogP contribution in [0.15, 0.2) is 34.2 Å². The maximum atomic E-state index is 12.9. The number of aromatic nitrogens is 3. The normalized spacial score (nSPS) is 12.7. The lowest BCUT2D eigenvalue weighted by molar-refractivity contribution is -0.118. The number of H-pyrrole nitrogens is 1. The van der Waals surface area contributed by atoms with Crippen molar-refractivity contribution in [1.29, 1.82) is 0 Å². The number of benzene rings is 1. The molecule has 158 valence electrons. The Balaban J connectivity index is 1.44. The van der Waals surface area contributed by atoms with E-state index in [2.05, 4.69) is 15.3 Å². The molecule has 0 aliphatic carbocycles. The molecule has 0 saturated carbocycles. The monoisotopic (exact) mass is 428 g/mol. The van der Waals surface area contributed by atoms with Gasteiger partial charge in [0.05, 0.1) is 11.3 Å². The molecular formula is C21H24N4O4S. The minimum absolute atomic E-state index is 0.106. The summed E-state index contributed by atoms with van der Waals surface area (Å²) in [5.41, 5.74) is 2.83. The highest BCUT2D eigenvalue weighted by atomic mass is 32.2. The maximum Gasteiger partial charge on any atom is 0.278 e. The highest BCUT2D eigenvalue weighted by Crippen LogP contribution is 2.32. The van der Waals surface area contributed by atoms with Crippen molar-refractivity contribution in [3.05, 3.63) is 45.9 Å². The number of nitrogens with one attached hydrogen (secondary N) is 2. The molecule has 9 heteroatoms. The molecule has 2 N–H and O–H groups in total. The number of ether oxygens (including phenoxy) is 2. The summed E-state index contributed by atoms with van der Waals surface area (Å²) in [5.74, 6) is 1.72. The molecular weight excluding hydrogens is 404 g/mol. The average Bonchev–Trinajstić information content (AvgIpc) is 3.32. The van der Waals surface area contributed by atoms with Crippen molar-refractivity contribution in [2.24, 2.45) is 5.92 Å². The Morgan fingerprint density at radius 3 is 2.90 bits per heavy atom. The second-order valence-corrected chi connectivity index (χ2v) is 8.61. The predicted octanol–water partition coefficient (Wildman–Crippen LogP) is 2.83. The summed E-state index contributed by atoms with van der Waals surface area (Å²) in [7, 11) is 0. The van der Waals surface area contributed by atoms with E-state index in [-0.39, 0.29) is 29.9 Å². The standard InChI is InChI=1S/C21H24N4O4S/c1-12(2)9-25-20(27)19-15(6-13(3)23-19)24-21(25)30-10-18(26)22-8-14-4-5-16-17(7-14)29-11-28-16/h4-7,12,23H,8-11H2,1-3H3,(H,22,26). The molecule has 2 aromatic heterocycles. The first-order valence-corrected chi connectivity index (χ1v) is 10.8. The first kappa shape index (κ1) is 20.3. The summed E-state index contributed by atoms with van der Waals surface area (Å²) in [4.78, 5) is 33.0. The Morgan fingerprint density at radius 1 is 1.30 bits per heavy atom. The van der Waals surface area contributed by atoms with Gasteiger partial charge in [0.1, 0.15) is 5.52 Å². The van der Waals surface area contributed by atoms with Crippen LogP contribution in [0.25, 0.3) is 11.0 Å². The van der Waals surface area contributed by atoms with E-state index < -0.39 is 0 Å². The van der Waals surface area contributed by atoms with Gasteiger partial charge in [0.2, 0.25) is 12.7 Å². The van der Waals surface area contributed by atoms with E-state index in [1.807, 2.05) is 45.0 Å². The molecule has 3 aromatic rings. The van der Waals surface area contributed by atoms with Crippen LogP contribution in [0.1, 0.15) is 25.1 Å². The zero-order valence-electron chi connectivity index (χ0n) is 17.2. The number of nitrogens with zero attached hydrogens (tertiary/aromatic N) is 2. The summed E-state index contributed by atoms with van der Waals surface area (Å²) in [6, 6.07) is 7.44. The summed E-state index contributed by atoms with van der Waals surface area (Å²) < 4.78 is 12.3. The Morgan fingerprint density at radius 2 is 2.10 bits per heavy atom. The van der Waals surface area contributed by atoms with E-state index in [4.69, 9.17) is 9.47 Å². The minimum Gasteiger partial charge on any atom is -0.454 e. The number of carbonyl (C=O) groups is 1. The minimum atomic E-state index is -0.131. The molecule has 0 radical (unpaired) electrons. The lowest BCUT2D eigenvalue weighted by Crippen LogP contribution is -2.27. The number of amides is 1. The first-order valence-electron chi connectivity index (χ1n) is 9.79. The van der Waals surface area contributed by atoms with Gasteiger partial charge in [-0.3, -0.25) is 14.2 Å². The molecule has 0 bridgehead atoms. The van der Waals surface area contributed by atoms with Gasteiger partial charge in [-0.2, -0.15) is 0 Å². The fourth-order valence-corrected chi connectivity index (χ4v) is 4.12. The van der Waals surface area contributed by atoms with Crippen molar-refractivity contribution < 1.29 is 14.3 Å². The van der Waals surface area contributed by atoms with Crippen LogP contribution >= 0.6 is 11.8 Å². The Bertz CT molecular complexity index is 1150. The zero-order chi connectivity index (χ0) is 21.3. The molecule has 0 saturated heterocycles. The van der Waals surface area contributed by atoms with Gasteiger partial charge < -0.3 is 19.8 Å². The second-order valence-electron chi connectivity index (χ2n) is 7.67. The van der Waals surface area contributed by atoms with E-state index in [9.17, 15) is 9.59 Å². The molecule has 1 amide bonds. The van der Waals surface area contributed by atoms with Crippen LogP contribution in [0.3, 0.4) is 0 Å². The molecule has 0 unspecified atom stereocenters. The summed E-state index contributed by atoms with van der Waals surface area (Å²) in [6.45, 7) is 7.13. The van der Waals surface area contributed by atoms with Gasteiger partial charge in [0.15, 0.2) is 16.7 Å². The molecule has 0 atom stereocenters. The molecule has 4 rings (SSSR count). The summed E-state index contributed by atoms with van der Waals surface area (Å²) in [5, 5.41) is 3.45. The van der Waals surface area contributed by atoms with Crippen LogP contribution in [0.2, 0.25) is 0 Å². The van der Waals surface area contributed by atoms with Gasteiger partial charge in [0.25, 0.3) is 5.56 Å². The van der Waals surface area contributed by atoms with Gasteiger partial charge in [-0.25, -0.2) is 4.98 Å². The number of carbonyl (C=O) groups excluding carboxylic acids is 1. The van der Waals surface area contributed by atoms with E-state index in [0.29, 0.717) is 40.8 Å². The third kappa shape index (κ3) is 4.30. The third-order valence-corrected chi connectivity index (χ3v) is 5.62. The topological polar surface area (TPSA) is 98.2 Å². The van der Waals surface area contributed by atoms with Crippen molar-refractivity contribution in [3.8, 4) is 11.5 Å². The number of aromatic amines is 1. The number of fused-ring (bicyclic) bond motifs is 2. The lowest BCUT2D eigenvalue weighted by Gasteiger charge is -2.14. The Hall–Kier alpha value is -2.94. The number of hydrogen-bond acceptors (Lipinski definition) is 6. The molecule has 30 heavy (non-hydrogen) atoms. The van der Waals surface area contributed by atoms with Gasteiger partial charge >= 0.3 is 0 Å². The van der Waals surface area contributed by atoms with Crippen molar-refractivity contribution >= 4 is 28.7 Å². The van der Waals surface area contributed by atoms with Crippen LogP contribution in [0.5, 0.6) is 11.5 Å². The average molecular weight is 429 g/mol. The van der Waals surface area contributed by atoms with E-state index in [1.165, 1.54) is 11.8 Å². The van der Waals surface area contributed by atoms with Gasteiger partial charge in [0, 0.05) is 18.8 Å². The molecule has 8 nitrogen and oxygen atoms in total. The lowest BCUT2D eigenvalue weighted by atomic mass is 10.2. The number of thioether (sulfide) groups is 1. The fourth-order valence-electron chi connectivity index (χ4n) is 3.28. The van der Waals surface area contributed by atoms with Crippen LogP contribution in [-0.4, -0.2) is 33.0 Å². The SMILES string of the molecule is Cc1cc2nc(SCC(=O)NCc3ccc4c(c3)OCO4)n(CC(C)C)c(=O)c2[nH]1. The van der Waals surface area contributed by atoms with Crippen molar-refractivity contribution in [3.63, 3.8) is 0 Å². The predicted molar refractivity (Wildman–Crippen MR) is 115 cm³/mol. The van der Waals surface area contributed by atoms with Crippen LogP contribution in [-0.2, 0) is 17.9 Å². The van der Waals surface area contributed by atoms with Crippen molar-refractivity contribution in [1.82, 2.24) is 19.9 Å². The summed E-state index contributed by atoms with van der Waals surface area (Å²) in [6.07, 6.45) is 0. The molecule has 1 aliphatic heterocycles. The van der Waals surface area contributed by atoms with E-state index in [1.54, 1.807) is 4.57 Å². The largest absolute Gasteiger partial charge is 0.454 e.